The number of nitro groups is 1. The molecule has 0 aliphatic carbocycles. The molecule has 7 heteroatoms. The summed E-state index contributed by atoms with van der Waals surface area (Å²) >= 11 is 0. The molecule has 1 aliphatic rings. The average Bonchev–Trinajstić information content (AvgIpc) is 2.90. The number of hydrogen-bond acceptors (Lipinski definition) is 6. The van der Waals surface area contributed by atoms with Crippen LogP contribution in [-0.4, -0.2) is 42.0 Å². The first kappa shape index (κ1) is 15.5. The van der Waals surface area contributed by atoms with Crippen molar-refractivity contribution in [3.63, 3.8) is 0 Å². The fourth-order valence-electron chi connectivity index (χ4n) is 2.18. The van der Waals surface area contributed by atoms with Crippen molar-refractivity contribution in [3.8, 4) is 5.75 Å². The predicted molar refractivity (Wildman–Crippen MR) is 77.8 cm³/mol. The molecule has 1 heterocycles. The third-order valence-electron chi connectivity index (χ3n) is 3.33. The summed E-state index contributed by atoms with van der Waals surface area (Å²) in [5.74, 6) is 0.238. The molecule has 2 rings (SSSR count). The SMILES string of the molecule is CCCOc1cccc(NCC2(O)CCOC2)c1[N+](=O)[O-]. The minimum Gasteiger partial charge on any atom is -0.487 e. The highest BCUT2D eigenvalue weighted by Crippen LogP contribution is 2.35. The molecule has 0 amide bonds. The van der Waals surface area contributed by atoms with Crippen LogP contribution in [0.3, 0.4) is 0 Å². The van der Waals surface area contributed by atoms with Crippen LogP contribution in [0.5, 0.6) is 5.75 Å². The van der Waals surface area contributed by atoms with E-state index in [0.717, 1.165) is 6.42 Å². The number of para-hydroxylation sites is 1. The number of aliphatic hydroxyl groups is 1. The first-order chi connectivity index (χ1) is 10.1. The maximum absolute atomic E-state index is 11.3. The second-order valence-electron chi connectivity index (χ2n) is 5.14. The Morgan fingerprint density at radius 1 is 1.57 bits per heavy atom. The number of nitrogens with zero attached hydrogens (tertiary/aromatic N) is 1. The van der Waals surface area contributed by atoms with Crippen molar-refractivity contribution < 1.29 is 19.5 Å². The molecule has 0 bridgehead atoms. The van der Waals surface area contributed by atoms with Crippen LogP contribution in [0, 0.1) is 10.1 Å². The Morgan fingerprint density at radius 3 is 3.00 bits per heavy atom. The van der Waals surface area contributed by atoms with Gasteiger partial charge in [-0.2, -0.15) is 0 Å². The Labute approximate surface area is 123 Å². The van der Waals surface area contributed by atoms with Gasteiger partial charge in [-0.3, -0.25) is 10.1 Å². The maximum Gasteiger partial charge on any atom is 0.333 e. The molecule has 1 atom stereocenters. The molecule has 1 unspecified atom stereocenters. The summed E-state index contributed by atoms with van der Waals surface area (Å²) in [5.41, 5.74) is -0.740. The number of anilines is 1. The number of nitro benzene ring substituents is 1. The highest BCUT2D eigenvalue weighted by Gasteiger charge is 2.33. The van der Waals surface area contributed by atoms with Gasteiger partial charge in [-0.15, -0.1) is 0 Å². The number of nitrogens with one attached hydrogen (secondary N) is 1. The van der Waals surface area contributed by atoms with Crippen molar-refractivity contribution in [2.75, 3.05) is 31.7 Å². The normalized spacial score (nSPS) is 21.2. The maximum atomic E-state index is 11.3. The third-order valence-corrected chi connectivity index (χ3v) is 3.33. The lowest BCUT2D eigenvalue weighted by molar-refractivity contribution is -0.385. The predicted octanol–water partition coefficient (Wildman–Crippen LogP) is 1.95. The fraction of sp³-hybridized carbons (Fsp3) is 0.571. The van der Waals surface area contributed by atoms with E-state index in [1.165, 1.54) is 0 Å². The fourth-order valence-corrected chi connectivity index (χ4v) is 2.18. The molecular weight excluding hydrogens is 276 g/mol. The van der Waals surface area contributed by atoms with Crippen LogP contribution in [-0.2, 0) is 4.74 Å². The van der Waals surface area contributed by atoms with E-state index in [1.807, 2.05) is 6.92 Å². The zero-order valence-electron chi connectivity index (χ0n) is 12.0. The van der Waals surface area contributed by atoms with E-state index in [2.05, 4.69) is 5.32 Å². The summed E-state index contributed by atoms with van der Waals surface area (Å²) < 4.78 is 10.6. The molecule has 2 N–H and O–H groups in total. The van der Waals surface area contributed by atoms with Gasteiger partial charge in [0.05, 0.1) is 18.1 Å². The van der Waals surface area contributed by atoms with E-state index in [4.69, 9.17) is 9.47 Å². The molecule has 1 aromatic carbocycles. The quantitative estimate of drug-likeness (QED) is 0.590. The summed E-state index contributed by atoms with van der Waals surface area (Å²) in [7, 11) is 0. The number of ether oxygens (including phenoxy) is 2. The van der Waals surface area contributed by atoms with E-state index in [9.17, 15) is 15.2 Å². The summed E-state index contributed by atoms with van der Waals surface area (Å²) in [5, 5.41) is 24.4. The Kier molecular flexibility index (Phi) is 4.98. The first-order valence-corrected chi connectivity index (χ1v) is 7.00. The number of benzene rings is 1. The van der Waals surface area contributed by atoms with Crippen molar-refractivity contribution in [1.29, 1.82) is 0 Å². The van der Waals surface area contributed by atoms with Crippen molar-refractivity contribution >= 4 is 11.4 Å². The van der Waals surface area contributed by atoms with Crippen LogP contribution >= 0.6 is 0 Å². The van der Waals surface area contributed by atoms with Crippen LogP contribution in [0.4, 0.5) is 11.4 Å². The first-order valence-electron chi connectivity index (χ1n) is 7.00. The highest BCUT2D eigenvalue weighted by atomic mass is 16.6. The standard InChI is InChI=1S/C14H20N2O5/c1-2-7-21-12-5-3-4-11(13(12)16(18)19)15-9-14(17)6-8-20-10-14/h3-5,15,17H,2,6-10H2,1H3. The number of rotatable bonds is 7. The van der Waals surface area contributed by atoms with Crippen LogP contribution in [0.1, 0.15) is 19.8 Å². The molecule has 1 fully saturated rings. The smallest absolute Gasteiger partial charge is 0.333 e. The van der Waals surface area contributed by atoms with Gasteiger partial charge in [-0.25, -0.2) is 0 Å². The van der Waals surface area contributed by atoms with E-state index in [1.54, 1.807) is 18.2 Å². The van der Waals surface area contributed by atoms with Crippen LogP contribution < -0.4 is 10.1 Å². The van der Waals surface area contributed by atoms with Gasteiger partial charge in [0.2, 0.25) is 0 Å². The highest BCUT2D eigenvalue weighted by molar-refractivity contribution is 5.68. The lowest BCUT2D eigenvalue weighted by Crippen LogP contribution is -2.37. The minimum absolute atomic E-state index is 0.103. The van der Waals surface area contributed by atoms with E-state index < -0.39 is 10.5 Å². The van der Waals surface area contributed by atoms with Crippen molar-refractivity contribution in [2.24, 2.45) is 0 Å². The Morgan fingerprint density at radius 2 is 2.38 bits per heavy atom. The topological polar surface area (TPSA) is 93.9 Å². The van der Waals surface area contributed by atoms with Crippen molar-refractivity contribution in [1.82, 2.24) is 0 Å². The van der Waals surface area contributed by atoms with Gasteiger partial charge in [0, 0.05) is 19.6 Å². The Bertz CT molecular complexity index is 500. The summed E-state index contributed by atoms with van der Waals surface area (Å²) in [6.45, 7) is 3.29. The second kappa shape index (κ2) is 6.73. The molecular formula is C14H20N2O5. The molecule has 0 aromatic heterocycles. The third kappa shape index (κ3) is 3.83. The van der Waals surface area contributed by atoms with Crippen molar-refractivity contribution in [2.45, 2.75) is 25.4 Å². The molecule has 1 saturated heterocycles. The minimum atomic E-state index is -0.978. The molecule has 0 spiro atoms. The van der Waals surface area contributed by atoms with Crippen LogP contribution in [0.2, 0.25) is 0 Å². The van der Waals surface area contributed by atoms with Crippen LogP contribution in [0.15, 0.2) is 18.2 Å². The molecule has 7 nitrogen and oxygen atoms in total. The Hall–Kier alpha value is -1.86. The largest absolute Gasteiger partial charge is 0.487 e. The average molecular weight is 296 g/mol. The van der Waals surface area contributed by atoms with Crippen LogP contribution in [0.25, 0.3) is 0 Å². The lowest BCUT2D eigenvalue weighted by Gasteiger charge is -2.21. The zero-order valence-corrected chi connectivity index (χ0v) is 12.0. The van der Waals surface area contributed by atoms with Gasteiger partial charge in [0.15, 0.2) is 5.75 Å². The number of hydrogen-bond donors (Lipinski definition) is 2. The summed E-state index contributed by atoms with van der Waals surface area (Å²) in [6.07, 6.45) is 1.28. The second-order valence-corrected chi connectivity index (χ2v) is 5.14. The monoisotopic (exact) mass is 296 g/mol. The molecule has 21 heavy (non-hydrogen) atoms. The van der Waals surface area contributed by atoms with Gasteiger partial charge in [-0.1, -0.05) is 13.0 Å². The van der Waals surface area contributed by atoms with Gasteiger partial charge < -0.3 is 19.9 Å². The van der Waals surface area contributed by atoms with Gasteiger partial charge >= 0.3 is 5.69 Å². The van der Waals surface area contributed by atoms with E-state index in [0.29, 0.717) is 25.3 Å². The van der Waals surface area contributed by atoms with E-state index in [-0.39, 0.29) is 24.6 Å². The molecule has 1 aromatic rings. The molecule has 0 radical (unpaired) electrons. The van der Waals surface area contributed by atoms with Gasteiger partial charge in [0.25, 0.3) is 0 Å². The molecule has 116 valence electrons. The van der Waals surface area contributed by atoms with E-state index >= 15 is 0 Å². The van der Waals surface area contributed by atoms with Gasteiger partial charge in [-0.05, 0) is 18.6 Å². The zero-order chi connectivity index (χ0) is 15.3. The van der Waals surface area contributed by atoms with Crippen molar-refractivity contribution in [3.05, 3.63) is 28.3 Å². The van der Waals surface area contributed by atoms with Gasteiger partial charge in [0.1, 0.15) is 11.3 Å². The Balaban J connectivity index is 2.15. The molecule has 1 aliphatic heterocycles. The lowest BCUT2D eigenvalue weighted by atomic mass is 10.0. The molecule has 0 saturated carbocycles. The summed E-state index contributed by atoms with van der Waals surface area (Å²) in [4.78, 5) is 10.8. The summed E-state index contributed by atoms with van der Waals surface area (Å²) in [6, 6.07) is 4.87.